The molecule has 0 bridgehead atoms. The first-order valence-corrected chi connectivity index (χ1v) is 10.9. The van der Waals surface area contributed by atoms with Crippen LogP contribution in [0.1, 0.15) is 47.8 Å². The Balaban J connectivity index is 1.75. The van der Waals surface area contributed by atoms with E-state index in [0.29, 0.717) is 11.3 Å². The number of benzene rings is 3. The molecule has 0 radical (unpaired) electrons. The molecule has 3 aromatic rings. The summed E-state index contributed by atoms with van der Waals surface area (Å²) in [5.74, 6) is -0.484. The van der Waals surface area contributed by atoms with Crippen LogP contribution < -0.4 is 5.32 Å². The minimum atomic E-state index is -0.504. The van der Waals surface area contributed by atoms with Gasteiger partial charge in [0.1, 0.15) is 0 Å². The normalized spacial score (nSPS) is 11.5. The van der Waals surface area contributed by atoms with Crippen LogP contribution in [0.3, 0.4) is 0 Å². The Morgan fingerprint density at radius 1 is 0.970 bits per heavy atom. The van der Waals surface area contributed by atoms with E-state index in [4.69, 9.17) is 0 Å². The summed E-state index contributed by atoms with van der Waals surface area (Å²) in [6.45, 7) is 4.17. The predicted molar refractivity (Wildman–Crippen MR) is 128 cm³/mol. The van der Waals surface area contributed by atoms with E-state index >= 15 is 0 Å². The largest absolute Gasteiger partial charge is 0.331 e. The average molecular weight is 446 g/mol. The second-order valence-corrected chi connectivity index (χ2v) is 7.74. The summed E-state index contributed by atoms with van der Waals surface area (Å²) >= 11 is 0. The molecule has 0 saturated heterocycles. The number of hydrogen-bond donors (Lipinski definition) is 1. The molecule has 3 rings (SSSR count). The van der Waals surface area contributed by atoms with Crippen molar-refractivity contribution >= 4 is 23.2 Å². The second-order valence-electron chi connectivity index (χ2n) is 7.74. The third-order valence-electron chi connectivity index (χ3n) is 5.56. The molecule has 1 atom stereocenters. The van der Waals surface area contributed by atoms with Crippen LogP contribution in [-0.2, 0) is 11.2 Å². The lowest BCUT2D eigenvalue weighted by molar-refractivity contribution is -0.384. The third-order valence-corrected chi connectivity index (χ3v) is 5.56. The monoisotopic (exact) mass is 445 g/mol. The van der Waals surface area contributed by atoms with Crippen LogP contribution in [0.15, 0.2) is 78.9 Å². The molecule has 170 valence electrons. The molecular formula is C26H27N3O4. The summed E-state index contributed by atoms with van der Waals surface area (Å²) in [4.78, 5) is 37.9. The smallest absolute Gasteiger partial charge is 0.269 e. The SMILES string of the molecule is CCc1ccc(NC(=O)CCN(C(=O)c2ccc([N+](=O)[O-])cc2)C(C)c2ccccc2)cc1. The van der Waals surface area contributed by atoms with E-state index < -0.39 is 4.92 Å². The number of anilines is 1. The van der Waals surface area contributed by atoms with E-state index in [-0.39, 0.29) is 36.5 Å². The van der Waals surface area contributed by atoms with Gasteiger partial charge in [-0.3, -0.25) is 19.7 Å². The van der Waals surface area contributed by atoms with Gasteiger partial charge in [-0.15, -0.1) is 0 Å². The van der Waals surface area contributed by atoms with Gasteiger partial charge in [-0.05, 0) is 48.7 Å². The summed E-state index contributed by atoms with van der Waals surface area (Å²) in [5.41, 5.74) is 3.08. The number of carbonyl (C=O) groups is 2. The molecule has 0 aliphatic rings. The quantitative estimate of drug-likeness (QED) is 0.353. The molecule has 3 aromatic carbocycles. The van der Waals surface area contributed by atoms with Crippen molar-refractivity contribution in [2.45, 2.75) is 32.7 Å². The van der Waals surface area contributed by atoms with E-state index in [9.17, 15) is 19.7 Å². The maximum atomic E-state index is 13.3. The second kappa shape index (κ2) is 11.0. The first kappa shape index (κ1) is 23.7. The number of amides is 2. The molecule has 1 N–H and O–H groups in total. The van der Waals surface area contributed by atoms with E-state index in [1.54, 1.807) is 4.90 Å². The first-order valence-electron chi connectivity index (χ1n) is 10.9. The Morgan fingerprint density at radius 3 is 2.18 bits per heavy atom. The lowest BCUT2D eigenvalue weighted by Gasteiger charge is -2.29. The number of nitro groups is 1. The topological polar surface area (TPSA) is 92.6 Å². The number of nitro benzene ring substituents is 1. The summed E-state index contributed by atoms with van der Waals surface area (Å²) < 4.78 is 0. The molecule has 7 heteroatoms. The molecule has 0 spiro atoms. The molecule has 1 unspecified atom stereocenters. The van der Waals surface area contributed by atoms with Crippen molar-refractivity contribution in [1.29, 1.82) is 0 Å². The Morgan fingerprint density at radius 2 is 1.61 bits per heavy atom. The van der Waals surface area contributed by atoms with Crippen molar-refractivity contribution in [3.8, 4) is 0 Å². The molecule has 0 aliphatic heterocycles. The van der Waals surface area contributed by atoms with Gasteiger partial charge in [0, 0.05) is 36.3 Å². The molecule has 0 saturated carbocycles. The molecule has 33 heavy (non-hydrogen) atoms. The number of nitrogens with zero attached hydrogens (tertiary/aromatic N) is 2. The lowest BCUT2D eigenvalue weighted by atomic mass is 10.0. The van der Waals surface area contributed by atoms with E-state index in [2.05, 4.69) is 12.2 Å². The Hall–Kier alpha value is -4.00. The number of rotatable bonds is 9. The van der Waals surface area contributed by atoms with Crippen LogP contribution in [0.2, 0.25) is 0 Å². The zero-order valence-corrected chi connectivity index (χ0v) is 18.7. The first-order chi connectivity index (χ1) is 15.9. The maximum Gasteiger partial charge on any atom is 0.269 e. The van der Waals surface area contributed by atoms with Crippen molar-refractivity contribution < 1.29 is 14.5 Å². The van der Waals surface area contributed by atoms with Crippen LogP contribution >= 0.6 is 0 Å². The zero-order chi connectivity index (χ0) is 23.8. The third kappa shape index (κ3) is 6.26. The Bertz CT molecular complexity index is 1100. The van der Waals surface area contributed by atoms with Gasteiger partial charge >= 0.3 is 0 Å². The Labute approximate surface area is 193 Å². The van der Waals surface area contributed by atoms with Gasteiger partial charge in [0.2, 0.25) is 5.91 Å². The number of carbonyl (C=O) groups excluding carboxylic acids is 2. The highest BCUT2D eigenvalue weighted by Gasteiger charge is 2.24. The summed E-state index contributed by atoms with van der Waals surface area (Å²) in [7, 11) is 0. The number of hydrogen-bond acceptors (Lipinski definition) is 4. The predicted octanol–water partition coefficient (Wildman–Crippen LogP) is 5.39. The minimum Gasteiger partial charge on any atom is -0.331 e. The highest BCUT2D eigenvalue weighted by molar-refractivity contribution is 5.95. The van der Waals surface area contributed by atoms with Gasteiger partial charge in [0.15, 0.2) is 0 Å². The van der Waals surface area contributed by atoms with Crippen molar-refractivity contribution in [3.05, 3.63) is 106 Å². The molecule has 2 amide bonds. The molecular weight excluding hydrogens is 418 g/mol. The zero-order valence-electron chi connectivity index (χ0n) is 18.7. The standard InChI is InChI=1S/C26H27N3O4/c1-3-20-9-13-23(14-10-20)27-25(30)17-18-28(19(2)21-7-5-4-6-8-21)26(31)22-11-15-24(16-12-22)29(32)33/h4-16,19H,3,17-18H2,1-2H3,(H,27,30). The van der Waals surface area contributed by atoms with E-state index in [1.165, 1.54) is 29.8 Å². The molecule has 0 aliphatic carbocycles. The van der Waals surface area contributed by atoms with E-state index in [1.807, 2.05) is 61.5 Å². The van der Waals surface area contributed by atoms with Crippen LogP contribution in [0.5, 0.6) is 0 Å². The fourth-order valence-electron chi connectivity index (χ4n) is 3.54. The van der Waals surface area contributed by atoms with Gasteiger partial charge in [0.25, 0.3) is 11.6 Å². The van der Waals surface area contributed by atoms with Crippen molar-refractivity contribution in [2.24, 2.45) is 0 Å². The highest BCUT2D eigenvalue weighted by Crippen LogP contribution is 2.24. The van der Waals surface area contributed by atoms with Gasteiger partial charge in [0.05, 0.1) is 11.0 Å². The average Bonchev–Trinajstić information content (AvgIpc) is 2.85. The van der Waals surface area contributed by atoms with Gasteiger partial charge in [-0.2, -0.15) is 0 Å². The summed E-state index contributed by atoms with van der Waals surface area (Å²) in [6.07, 6.45) is 1.04. The van der Waals surface area contributed by atoms with Crippen LogP contribution in [0, 0.1) is 10.1 Å². The number of non-ortho nitro benzene ring substituents is 1. The summed E-state index contributed by atoms with van der Waals surface area (Å²) in [5, 5.41) is 13.8. The molecule has 0 fully saturated rings. The Kier molecular flexibility index (Phi) is 7.91. The molecule has 7 nitrogen and oxygen atoms in total. The van der Waals surface area contributed by atoms with E-state index in [0.717, 1.165) is 12.0 Å². The maximum absolute atomic E-state index is 13.3. The van der Waals surface area contributed by atoms with Crippen LogP contribution in [0.25, 0.3) is 0 Å². The number of aryl methyl sites for hydroxylation is 1. The molecule has 0 aromatic heterocycles. The number of nitrogens with one attached hydrogen (secondary N) is 1. The summed E-state index contributed by atoms with van der Waals surface area (Å²) in [6, 6.07) is 22.4. The van der Waals surface area contributed by atoms with Gasteiger partial charge in [-0.25, -0.2) is 0 Å². The lowest BCUT2D eigenvalue weighted by Crippen LogP contribution is -2.36. The highest BCUT2D eigenvalue weighted by atomic mass is 16.6. The van der Waals surface area contributed by atoms with Crippen molar-refractivity contribution in [1.82, 2.24) is 4.90 Å². The fraction of sp³-hybridized carbons (Fsp3) is 0.231. The van der Waals surface area contributed by atoms with Crippen LogP contribution in [0.4, 0.5) is 11.4 Å². The van der Waals surface area contributed by atoms with Gasteiger partial charge in [-0.1, -0.05) is 49.4 Å². The molecule has 0 heterocycles. The van der Waals surface area contributed by atoms with Crippen molar-refractivity contribution in [2.75, 3.05) is 11.9 Å². The fourth-order valence-corrected chi connectivity index (χ4v) is 3.54. The van der Waals surface area contributed by atoms with Crippen molar-refractivity contribution in [3.63, 3.8) is 0 Å². The minimum absolute atomic E-state index is 0.0809. The van der Waals surface area contributed by atoms with Gasteiger partial charge < -0.3 is 10.2 Å². The van der Waals surface area contributed by atoms with Crippen LogP contribution in [-0.4, -0.2) is 28.2 Å².